The van der Waals surface area contributed by atoms with Gasteiger partial charge in [-0.3, -0.25) is 0 Å². The molecule has 0 bridgehead atoms. The Balaban J connectivity index is 1.57. The summed E-state index contributed by atoms with van der Waals surface area (Å²) in [4.78, 5) is 8.78. The molecule has 9 nitrogen and oxygen atoms in total. The van der Waals surface area contributed by atoms with Crippen molar-refractivity contribution in [2.75, 3.05) is 24.7 Å². The molecule has 26 heavy (non-hydrogen) atoms. The third-order valence-electron chi connectivity index (χ3n) is 4.40. The van der Waals surface area contributed by atoms with Crippen LogP contribution in [-0.2, 0) is 10.0 Å². The fourth-order valence-electron chi connectivity index (χ4n) is 3.12. The van der Waals surface area contributed by atoms with Crippen LogP contribution in [0.5, 0.6) is 0 Å². The number of para-hydroxylation sites is 1. The summed E-state index contributed by atoms with van der Waals surface area (Å²) in [5.41, 5.74) is 1.65. The molecule has 1 N–H and O–H groups in total. The van der Waals surface area contributed by atoms with Crippen molar-refractivity contribution in [3.05, 3.63) is 36.5 Å². The molecule has 0 unspecified atom stereocenters. The molecule has 0 spiro atoms. The number of nitrogens with one attached hydrogen (secondary N) is 1. The molecule has 0 saturated carbocycles. The molecule has 1 aliphatic rings. The van der Waals surface area contributed by atoms with Gasteiger partial charge in [0.15, 0.2) is 5.82 Å². The van der Waals surface area contributed by atoms with Crippen LogP contribution in [0.4, 0.5) is 5.95 Å². The standard InChI is InChI=1S/C16H19N7O2S/c1-26(24,25)22-10-4-5-12(11-22)18-16-17-9-8-15(19-16)23-14-7-3-2-6-13(14)20-21-23/h2-3,6-9,12H,4-5,10-11H2,1H3,(H,17,18,19)/t12-/m1/s1. The van der Waals surface area contributed by atoms with Crippen molar-refractivity contribution in [3.8, 4) is 5.82 Å². The summed E-state index contributed by atoms with van der Waals surface area (Å²) in [6.45, 7) is 0.974. The van der Waals surface area contributed by atoms with Gasteiger partial charge in [0.25, 0.3) is 0 Å². The number of aromatic nitrogens is 5. The summed E-state index contributed by atoms with van der Waals surface area (Å²) in [7, 11) is -3.19. The van der Waals surface area contributed by atoms with E-state index in [1.807, 2.05) is 24.3 Å². The molecule has 1 fully saturated rings. The molecule has 0 radical (unpaired) electrons. The second-order valence-corrected chi connectivity index (χ2v) is 8.32. The molecule has 0 amide bonds. The Kier molecular flexibility index (Phi) is 4.29. The van der Waals surface area contributed by atoms with Gasteiger partial charge in [0, 0.05) is 31.4 Å². The van der Waals surface area contributed by atoms with Crippen LogP contribution in [0.15, 0.2) is 36.5 Å². The number of fused-ring (bicyclic) bond motifs is 1. The van der Waals surface area contributed by atoms with Crippen LogP contribution in [0.3, 0.4) is 0 Å². The van der Waals surface area contributed by atoms with Gasteiger partial charge < -0.3 is 5.32 Å². The Hall–Kier alpha value is -2.59. The molecule has 136 valence electrons. The van der Waals surface area contributed by atoms with E-state index >= 15 is 0 Å². The van der Waals surface area contributed by atoms with Gasteiger partial charge in [-0.2, -0.15) is 9.67 Å². The smallest absolute Gasteiger partial charge is 0.224 e. The van der Waals surface area contributed by atoms with Crippen molar-refractivity contribution in [2.45, 2.75) is 18.9 Å². The van der Waals surface area contributed by atoms with Gasteiger partial charge in [-0.15, -0.1) is 5.10 Å². The van der Waals surface area contributed by atoms with E-state index in [1.54, 1.807) is 16.9 Å². The highest BCUT2D eigenvalue weighted by Gasteiger charge is 2.26. The number of anilines is 1. The number of hydrogen-bond acceptors (Lipinski definition) is 7. The molecule has 3 aromatic rings. The van der Waals surface area contributed by atoms with E-state index in [4.69, 9.17) is 0 Å². The summed E-state index contributed by atoms with van der Waals surface area (Å²) < 4.78 is 26.7. The normalized spacial score (nSPS) is 18.9. The number of nitrogens with zero attached hydrogens (tertiary/aromatic N) is 6. The number of rotatable bonds is 4. The Morgan fingerprint density at radius 1 is 1.23 bits per heavy atom. The zero-order chi connectivity index (χ0) is 18.1. The lowest BCUT2D eigenvalue weighted by Gasteiger charge is -2.31. The summed E-state index contributed by atoms with van der Waals surface area (Å²) in [6.07, 6.45) is 4.56. The first-order valence-electron chi connectivity index (χ1n) is 8.36. The van der Waals surface area contributed by atoms with Crippen LogP contribution in [-0.4, -0.2) is 63.1 Å². The van der Waals surface area contributed by atoms with Gasteiger partial charge >= 0.3 is 0 Å². The maximum atomic E-state index is 11.8. The highest BCUT2D eigenvalue weighted by Crippen LogP contribution is 2.18. The molecule has 1 atom stereocenters. The van der Waals surface area contributed by atoms with Gasteiger partial charge in [0.1, 0.15) is 5.52 Å². The predicted molar refractivity (Wildman–Crippen MR) is 97.5 cm³/mol. The lowest BCUT2D eigenvalue weighted by Crippen LogP contribution is -2.44. The van der Waals surface area contributed by atoms with Gasteiger partial charge in [0.2, 0.25) is 16.0 Å². The minimum atomic E-state index is -3.19. The molecule has 10 heteroatoms. The average Bonchev–Trinajstić information content (AvgIpc) is 3.06. The zero-order valence-corrected chi connectivity index (χ0v) is 15.1. The number of benzene rings is 1. The van der Waals surface area contributed by atoms with Crippen molar-refractivity contribution < 1.29 is 8.42 Å². The fraction of sp³-hybridized carbons (Fsp3) is 0.375. The minimum Gasteiger partial charge on any atom is -0.350 e. The van der Waals surface area contributed by atoms with Gasteiger partial charge in [-0.25, -0.2) is 17.7 Å². The molecule has 1 aromatic carbocycles. The summed E-state index contributed by atoms with van der Waals surface area (Å²) in [5, 5.41) is 11.5. The summed E-state index contributed by atoms with van der Waals surface area (Å²) in [5.74, 6) is 1.05. The third kappa shape index (κ3) is 3.37. The van der Waals surface area contributed by atoms with Crippen LogP contribution in [0, 0.1) is 0 Å². The van der Waals surface area contributed by atoms with E-state index < -0.39 is 10.0 Å². The zero-order valence-electron chi connectivity index (χ0n) is 14.3. The number of sulfonamides is 1. The van der Waals surface area contributed by atoms with E-state index in [0.29, 0.717) is 24.9 Å². The lowest BCUT2D eigenvalue weighted by molar-refractivity contribution is 0.328. The molecule has 1 aliphatic heterocycles. The van der Waals surface area contributed by atoms with E-state index in [2.05, 4.69) is 25.6 Å². The lowest BCUT2D eigenvalue weighted by atomic mass is 10.1. The largest absolute Gasteiger partial charge is 0.350 e. The fourth-order valence-corrected chi connectivity index (χ4v) is 4.03. The minimum absolute atomic E-state index is 0.0267. The third-order valence-corrected chi connectivity index (χ3v) is 5.67. The van der Waals surface area contributed by atoms with Crippen molar-refractivity contribution in [1.29, 1.82) is 0 Å². The Morgan fingerprint density at radius 3 is 2.92 bits per heavy atom. The summed E-state index contributed by atoms with van der Waals surface area (Å²) in [6, 6.07) is 9.38. The Morgan fingerprint density at radius 2 is 2.08 bits per heavy atom. The van der Waals surface area contributed by atoms with Gasteiger partial charge in [-0.1, -0.05) is 17.3 Å². The van der Waals surface area contributed by atoms with E-state index in [9.17, 15) is 8.42 Å². The molecular weight excluding hydrogens is 354 g/mol. The van der Waals surface area contributed by atoms with Crippen molar-refractivity contribution >= 4 is 27.0 Å². The van der Waals surface area contributed by atoms with Crippen LogP contribution >= 0.6 is 0 Å². The van der Waals surface area contributed by atoms with Crippen molar-refractivity contribution in [2.24, 2.45) is 0 Å². The van der Waals surface area contributed by atoms with Gasteiger partial charge in [-0.05, 0) is 25.0 Å². The second kappa shape index (κ2) is 6.61. The molecular formula is C16H19N7O2S. The first-order valence-corrected chi connectivity index (χ1v) is 10.2. The van der Waals surface area contributed by atoms with Gasteiger partial charge in [0.05, 0.1) is 11.8 Å². The highest BCUT2D eigenvalue weighted by atomic mass is 32.2. The molecule has 0 aliphatic carbocycles. The van der Waals surface area contributed by atoms with Crippen LogP contribution in [0.1, 0.15) is 12.8 Å². The van der Waals surface area contributed by atoms with E-state index in [-0.39, 0.29) is 6.04 Å². The highest BCUT2D eigenvalue weighted by molar-refractivity contribution is 7.88. The average molecular weight is 373 g/mol. The van der Waals surface area contributed by atoms with Crippen LogP contribution in [0.25, 0.3) is 16.9 Å². The van der Waals surface area contributed by atoms with Crippen molar-refractivity contribution in [3.63, 3.8) is 0 Å². The first-order chi connectivity index (χ1) is 12.5. The SMILES string of the molecule is CS(=O)(=O)N1CCC[C@@H](Nc2nccc(-n3nnc4ccccc43)n2)C1. The van der Waals surface area contributed by atoms with Crippen molar-refractivity contribution in [1.82, 2.24) is 29.3 Å². The molecule has 2 aromatic heterocycles. The predicted octanol–water partition coefficient (Wildman–Crippen LogP) is 1.05. The quantitative estimate of drug-likeness (QED) is 0.728. The van der Waals surface area contributed by atoms with Crippen LogP contribution < -0.4 is 5.32 Å². The molecule has 3 heterocycles. The first kappa shape index (κ1) is 16.9. The monoisotopic (exact) mass is 373 g/mol. The molecule has 1 saturated heterocycles. The number of hydrogen-bond donors (Lipinski definition) is 1. The molecule has 4 rings (SSSR count). The van der Waals surface area contributed by atoms with E-state index in [0.717, 1.165) is 23.9 Å². The summed E-state index contributed by atoms with van der Waals surface area (Å²) >= 11 is 0. The van der Waals surface area contributed by atoms with E-state index in [1.165, 1.54) is 10.6 Å². The van der Waals surface area contributed by atoms with Crippen LogP contribution in [0.2, 0.25) is 0 Å². The Labute approximate surface area is 151 Å². The topological polar surface area (TPSA) is 106 Å². The maximum absolute atomic E-state index is 11.8. The number of piperidine rings is 1. The second-order valence-electron chi connectivity index (χ2n) is 6.33. The Bertz CT molecular complexity index is 1030. The maximum Gasteiger partial charge on any atom is 0.224 e.